The van der Waals surface area contributed by atoms with Gasteiger partial charge in [-0.05, 0) is 24.6 Å². The summed E-state index contributed by atoms with van der Waals surface area (Å²) in [6.07, 6.45) is 4.78. The van der Waals surface area contributed by atoms with Crippen molar-refractivity contribution in [2.45, 2.75) is 44.7 Å². The normalized spacial score (nSPS) is 20.4. The topological polar surface area (TPSA) is 79.1 Å². The van der Waals surface area contributed by atoms with Crippen LogP contribution >= 0.6 is 24.0 Å². The number of carbonyl (C=O) groups excluding carboxylic acids is 1. The molecule has 1 aromatic carbocycles. The van der Waals surface area contributed by atoms with Gasteiger partial charge in [-0.2, -0.15) is 0 Å². The molecule has 2 aliphatic rings. The summed E-state index contributed by atoms with van der Waals surface area (Å²) in [6.45, 7) is 4.73. The number of fused-ring (bicyclic) bond motifs is 1. The first-order valence-electron chi connectivity index (χ1n) is 10.8. The van der Waals surface area contributed by atoms with E-state index < -0.39 is 0 Å². The van der Waals surface area contributed by atoms with E-state index in [2.05, 4.69) is 16.7 Å². The van der Waals surface area contributed by atoms with Crippen molar-refractivity contribution in [2.24, 2.45) is 4.99 Å². The third kappa shape index (κ3) is 6.15. The lowest BCUT2D eigenvalue weighted by molar-refractivity contribution is -0.129. The molecule has 0 aliphatic carbocycles. The number of hydrogen-bond donors (Lipinski definition) is 2. The van der Waals surface area contributed by atoms with Gasteiger partial charge in [-0.15, -0.1) is 24.0 Å². The summed E-state index contributed by atoms with van der Waals surface area (Å²) in [5, 5.41) is 7.16. The van der Waals surface area contributed by atoms with Crippen LogP contribution in [0.4, 0.5) is 0 Å². The van der Waals surface area contributed by atoms with E-state index in [0.29, 0.717) is 19.6 Å². The van der Waals surface area contributed by atoms with Gasteiger partial charge in [0, 0.05) is 50.5 Å². The van der Waals surface area contributed by atoms with Crippen molar-refractivity contribution in [3.63, 3.8) is 0 Å². The smallest absolute Gasteiger partial charge is 0.222 e. The summed E-state index contributed by atoms with van der Waals surface area (Å²) in [6, 6.07) is 12.3. The molecule has 4 rings (SSSR count). The maximum Gasteiger partial charge on any atom is 0.222 e. The number of benzene rings is 1. The first-order valence-corrected chi connectivity index (χ1v) is 10.8. The third-order valence-electron chi connectivity index (χ3n) is 5.66. The minimum absolute atomic E-state index is 0. The molecule has 3 heterocycles. The van der Waals surface area contributed by atoms with Gasteiger partial charge in [-0.3, -0.25) is 9.79 Å². The van der Waals surface area contributed by atoms with Crippen LogP contribution < -0.4 is 15.4 Å². The second kappa shape index (κ2) is 11.4. The van der Waals surface area contributed by atoms with Crippen molar-refractivity contribution in [3.8, 4) is 5.75 Å². The number of guanidine groups is 1. The van der Waals surface area contributed by atoms with Crippen LogP contribution in [0.3, 0.4) is 0 Å². The second-order valence-electron chi connectivity index (χ2n) is 7.75. The third-order valence-corrected chi connectivity index (χ3v) is 5.66. The summed E-state index contributed by atoms with van der Waals surface area (Å²) in [7, 11) is 0. The van der Waals surface area contributed by atoms with Gasteiger partial charge in [0.15, 0.2) is 5.96 Å². The maximum atomic E-state index is 12.0. The van der Waals surface area contributed by atoms with E-state index in [0.717, 1.165) is 55.4 Å². The highest BCUT2D eigenvalue weighted by molar-refractivity contribution is 14.0. The van der Waals surface area contributed by atoms with Crippen molar-refractivity contribution in [1.29, 1.82) is 0 Å². The number of aliphatic imine (C=N–C) groups is 1. The lowest BCUT2D eigenvalue weighted by atomic mass is 10.0. The molecule has 1 saturated heterocycles. The number of halogens is 1. The van der Waals surface area contributed by atoms with Gasteiger partial charge in [-0.1, -0.05) is 25.1 Å². The molecular formula is C23H31IN4O3. The Morgan fingerprint density at radius 1 is 1.19 bits per heavy atom. The van der Waals surface area contributed by atoms with Crippen LogP contribution in [0.15, 0.2) is 52.1 Å². The highest BCUT2D eigenvalue weighted by Gasteiger charge is 2.27. The molecule has 0 radical (unpaired) electrons. The Morgan fingerprint density at radius 3 is 2.87 bits per heavy atom. The van der Waals surface area contributed by atoms with Gasteiger partial charge in [0.25, 0.3) is 0 Å². The Bertz CT molecular complexity index is 871. The number of carbonyl (C=O) groups is 1. The summed E-state index contributed by atoms with van der Waals surface area (Å²) >= 11 is 0. The second-order valence-corrected chi connectivity index (χ2v) is 7.75. The van der Waals surface area contributed by atoms with Crippen LogP contribution in [0.5, 0.6) is 5.75 Å². The van der Waals surface area contributed by atoms with Crippen LogP contribution in [0, 0.1) is 0 Å². The monoisotopic (exact) mass is 538 g/mol. The van der Waals surface area contributed by atoms with Crippen LogP contribution in [0.2, 0.25) is 0 Å². The largest absolute Gasteiger partial charge is 0.493 e. The fourth-order valence-electron chi connectivity index (χ4n) is 4.04. The van der Waals surface area contributed by atoms with Crippen LogP contribution in [0.1, 0.15) is 43.6 Å². The number of hydrogen-bond acceptors (Lipinski definition) is 4. The SMILES string of the molecule is CCC(=O)N1CCC(NC(=NCCc2ccco2)NC2CCOc3ccccc32)C1.I. The molecular weight excluding hydrogens is 507 g/mol. The molecule has 2 unspecified atom stereocenters. The highest BCUT2D eigenvalue weighted by atomic mass is 127. The van der Waals surface area contributed by atoms with Crippen molar-refractivity contribution in [3.05, 3.63) is 54.0 Å². The number of likely N-dealkylation sites (tertiary alicyclic amines) is 1. The zero-order valence-electron chi connectivity index (χ0n) is 17.9. The molecule has 1 amide bonds. The zero-order valence-corrected chi connectivity index (χ0v) is 20.2. The summed E-state index contributed by atoms with van der Waals surface area (Å²) in [5.41, 5.74) is 1.15. The lowest BCUT2D eigenvalue weighted by Gasteiger charge is -2.29. The minimum atomic E-state index is 0. The number of furan rings is 1. The summed E-state index contributed by atoms with van der Waals surface area (Å²) in [4.78, 5) is 18.8. The van der Waals surface area contributed by atoms with Crippen molar-refractivity contribution in [2.75, 3.05) is 26.2 Å². The van der Waals surface area contributed by atoms with Crippen LogP contribution in [-0.2, 0) is 11.2 Å². The Labute approximate surface area is 200 Å². The molecule has 7 nitrogen and oxygen atoms in total. The average molecular weight is 538 g/mol. The molecule has 168 valence electrons. The molecule has 0 spiro atoms. The average Bonchev–Trinajstić information content (AvgIpc) is 3.46. The molecule has 31 heavy (non-hydrogen) atoms. The molecule has 2 N–H and O–H groups in total. The Kier molecular flexibility index (Phi) is 8.62. The molecule has 8 heteroatoms. The van der Waals surface area contributed by atoms with Crippen molar-refractivity contribution >= 4 is 35.8 Å². The van der Waals surface area contributed by atoms with Gasteiger partial charge in [0.2, 0.25) is 5.91 Å². The van der Waals surface area contributed by atoms with Gasteiger partial charge in [-0.25, -0.2) is 0 Å². The van der Waals surface area contributed by atoms with Gasteiger partial charge < -0.3 is 24.7 Å². The van der Waals surface area contributed by atoms with E-state index in [9.17, 15) is 4.79 Å². The predicted molar refractivity (Wildman–Crippen MR) is 131 cm³/mol. The van der Waals surface area contributed by atoms with Crippen LogP contribution in [-0.4, -0.2) is 49.0 Å². The van der Waals surface area contributed by atoms with E-state index in [1.54, 1.807) is 6.26 Å². The number of ether oxygens (including phenoxy) is 1. The van der Waals surface area contributed by atoms with Crippen LogP contribution in [0.25, 0.3) is 0 Å². The highest BCUT2D eigenvalue weighted by Crippen LogP contribution is 2.31. The number of amides is 1. The zero-order chi connectivity index (χ0) is 20.8. The maximum absolute atomic E-state index is 12.0. The number of nitrogens with zero attached hydrogens (tertiary/aromatic N) is 2. The molecule has 1 fully saturated rings. The fourth-order valence-corrected chi connectivity index (χ4v) is 4.04. The summed E-state index contributed by atoms with van der Waals surface area (Å²) < 4.78 is 11.2. The summed E-state index contributed by atoms with van der Waals surface area (Å²) in [5.74, 6) is 2.84. The Hall–Kier alpha value is -2.23. The Balaban J connectivity index is 0.00000272. The molecule has 0 bridgehead atoms. The first kappa shape index (κ1) is 23.4. The minimum Gasteiger partial charge on any atom is -0.493 e. The Morgan fingerprint density at radius 2 is 2.06 bits per heavy atom. The fraction of sp³-hybridized carbons (Fsp3) is 0.478. The van der Waals surface area contributed by atoms with Gasteiger partial charge >= 0.3 is 0 Å². The number of para-hydroxylation sites is 1. The number of rotatable bonds is 6. The van der Waals surface area contributed by atoms with E-state index in [4.69, 9.17) is 14.1 Å². The van der Waals surface area contributed by atoms with E-state index in [1.165, 1.54) is 0 Å². The molecule has 2 atom stereocenters. The molecule has 2 aliphatic heterocycles. The number of nitrogens with one attached hydrogen (secondary N) is 2. The standard InChI is InChI=1S/C23H30N4O3.HI/c1-2-22(28)27-13-10-17(16-27)25-23(24-12-9-18-6-5-14-29-18)26-20-11-15-30-21-8-4-3-7-19(20)21;/h3-8,14,17,20H,2,9-13,15-16H2,1H3,(H2,24,25,26);1H. The van der Waals surface area contributed by atoms with E-state index in [-0.39, 0.29) is 42.0 Å². The molecule has 2 aromatic rings. The van der Waals surface area contributed by atoms with Gasteiger partial charge in [0.1, 0.15) is 11.5 Å². The van der Waals surface area contributed by atoms with Crippen molar-refractivity contribution < 1.29 is 13.9 Å². The van der Waals surface area contributed by atoms with Gasteiger partial charge in [0.05, 0.1) is 18.9 Å². The van der Waals surface area contributed by atoms with Crippen molar-refractivity contribution in [1.82, 2.24) is 15.5 Å². The van der Waals surface area contributed by atoms with E-state index >= 15 is 0 Å². The predicted octanol–water partition coefficient (Wildman–Crippen LogP) is 3.51. The lowest BCUT2D eigenvalue weighted by Crippen LogP contribution is -2.47. The molecule has 0 saturated carbocycles. The quantitative estimate of drug-likeness (QED) is 0.335. The van der Waals surface area contributed by atoms with E-state index in [1.807, 2.05) is 42.2 Å². The first-order chi connectivity index (χ1) is 14.7. The molecule has 1 aromatic heterocycles.